The molecule has 0 radical (unpaired) electrons. The Morgan fingerprint density at radius 1 is 1.23 bits per heavy atom. The lowest BCUT2D eigenvalue weighted by molar-refractivity contribution is -0.123. The molecule has 0 saturated carbocycles. The second-order valence-corrected chi connectivity index (χ2v) is 10.7. The number of carbonyl (C=O) groups is 2. The molecular weight excluding hydrogens is 489 g/mol. The predicted octanol–water partition coefficient (Wildman–Crippen LogP) is 4.84. The number of rotatable bonds is 7. The molecule has 3 atom stereocenters. The molecular formula is C26H33Cl2N3O4. The predicted molar refractivity (Wildman–Crippen MR) is 139 cm³/mol. The van der Waals surface area contributed by atoms with Crippen molar-refractivity contribution in [2.75, 3.05) is 36.5 Å². The number of aliphatic hydroxyl groups is 1. The van der Waals surface area contributed by atoms with Gasteiger partial charge in [-0.05, 0) is 44.5 Å². The van der Waals surface area contributed by atoms with Crippen LogP contribution in [0.4, 0.5) is 11.4 Å². The van der Waals surface area contributed by atoms with Crippen molar-refractivity contribution in [3.8, 4) is 5.75 Å². The average Bonchev–Trinajstić information content (AvgIpc) is 3.13. The van der Waals surface area contributed by atoms with E-state index in [2.05, 4.69) is 10.2 Å². The highest BCUT2D eigenvalue weighted by molar-refractivity contribution is 6.44. The maximum absolute atomic E-state index is 13.5. The Balaban J connectivity index is 1.53. The smallest absolute Gasteiger partial charge is 0.233 e. The first kappa shape index (κ1) is 26.0. The first-order chi connectivity index (χ1) is 16.7. The lowest BCUT2D eigenvalue weighted by Gasteiger charge is -2.33. The van der Waals surface area contributed by atoms with Crippen molar-refractivity contribution in [1.29, 1.82) is 0 Å². The lowest BCUT2D eigenvalue weighted by atomic mass is 9.71. The zero-order valence-electron chi connectivity index (χ0n) is 20.2. The SMILES string of the molecule is CC(=O)Nc1ccc(N2C(=O)C(C3(C)C=C(Cl)C(Cl)=CC3)CC2O)cc1OCCN1CCCCC1. The van der Waals surface area contributed by atoms with E-state index >= 15 is 0 Å². The zero-order chi connectivity index (χ0) is 25.2. The minimum Gasteiger partial charge on any atom is -0.490 e. The summed E-state index contributed by atoms with van der Waals surface area (Å²) < 4.78 is 6.07. The number of benzene rings is 1. The fourth-order valence-corrected chi connectivity index (χ4v) is 5.65. The Morgan fingerprint density at radius 3 is 2.66 bits per heavy atom. The van der Waals surface area contributed by atoms with Crippen molar-refractivity contribution in [3.05, 3.63) is 40.4 Å². The number of aliphatic hydroxyl groups excluding tert-OH is 1. The number of hydrogen-bond donors (Lipinski definition) is 2. The highest BCUT2D eigenvalue weighted by Crippen LogP contribution is 2.48. The minimum atomic E-state index is -0.981. The molecule has 3 aliphatic rings. The van der Waals surface area contributed by atoms with Crippen LogP contribution in [0.2, 0.25) is 0 Å². The molecule has 35 heavy (non-hydrogen) atoms. The lowest BCUT2D eigenvalue weighted by Crippen LogP contribution is -2.37. The number of anilines is 2. The monoisotopic (exact) mass is 521 g/mol. The van der Waals surface area contributed by atoms with Crippen LogP contribution in [0.5, 0.6) is 5.75 Å². The first-order valence-corrected chi connectivity index (χ1v) is 13.0. The van der Waals surface area contributed by atoms with Gasteiger partial charge in [0.15, 0.2) is 0 Å². The molecule has 0 aromatic heterocycles. The molecule has 1 aromatic rings. The van der Waals surface area contributed by atoms with Gasteiger partial charge in [0.05, 0.1) is 27.4 Å². The zero-order valence-corrected chi connectivity index (χ0v) is 21.7. The minimum absolute atomic E-state index is 0.182. The van der Waals surface area contributed by atoms with Crippen molar-refractivity contribution < 1.29 is 19.4 Å². The van der Waals surface area contributed by atoms with Crippen LogP contribution >= 0.6 is 23.2 Å². The van der Waals surface area contributed by atoms with Crippen LogP contribution in [-0.2, 0) is 9.59 Å². The van der Waals surface area contributed by atoms with Gasteiger partial charge in [-0.1, -0.05) is 48.7 Å². The summed E-state index contributed by atoms with van der Waals surface area (Å²) in [5.41, 5.74) is 0.507. The molecule has 2 amide bonds. The largest absolute Gasteiger partial charge is 0.490 e. The Morgan fingerprint density at radius 2 is 1.97 bits per heavy atom. The van der Waals surface area contributed by atoms with Crippen molar-refractivity contribution in [1.82, 2.24) is 4.90 Å². The molecule has 9 heteroatoms. The molecule has 2 saturated heterocycles. The second-order valence-electron chi connectivity index (χ2n) is 9.84. The average molecular weight is 522 g/mol. The third kappa shape index (κ3) is 5.85. The van der Waals surface area contributed by atoms with Crippen LogP contribution in [0, 0.1) is 11.3 Å². The number of ether oxygens (including phenoxy) is 1. The van der Waals surface area contributed by atoms with Gasteiger partial charge >= 0.3 is 0 Å². The highest BCUT2D eigenvalue weighted by Gasteiger charge is 2.48. The van der Waals surface area contributed by atoms with Gasteiger partial charge < -0.3 is 15.2 Å². The Bertz CT molecular complexity index is 1040. The number of nitrogens with zero attached hydrogens (tertiary/aromatic N) is 2. The van der Waals surface area contributed by atoms with E-state index in [9.17, 15) is 14.7 Å². The van der Waals surface area contributed by atoms with Gasteiger partial charge in [0, 0.05) is 31.4 Å². The van der Waals surface area contributed by atoms with Gasteiger partial charge in [0.25, 0.3) is 0 Å². The summed E-state index contributed by atoms with van der Waals surface area (Å²) in [5.74, 6) is -0.374. The number of amides is 2. The van der Waals surface area contributed by atoms with Crippen LogP contribution in [0.3, 0.4) is 0 Å². The number of likely N-dealkylation sites (tertiary alicyclic amines) is 1. The fraction of sp³-hybridized carbons (Fsp3) is 0.538. The molecule has 4 rings (SSSR count). The van der Waals surface area contributed by atoms with Crippen LogP contribution in [-0.4, -0.2) is 54.3 Å². The number of halogens is 2. The maximum atomic E-state index is 13.5. The van der Waals surface area contributed by atoms with E-state index in [1.807, 2.05) is 19.1 Å². The van der Waals surface area contributed by atoms with Crippen molar-refractivity contribution in [2.45, 2.75) is 52.2 Å². The Labute approximate surface area is 216 Å². The van der Waals surface area contributed by atoms with Gasteiger partial charge in [-0.2, -0.15) is 0 Å². The van der Waals surface area contributed by atoms with Gasteiger partial charge in [-0.25, -0.2) is 0 Å². The van der Waals surface area contributed by atoms with Crippen molar-refractivity contribution in [2.24, 2.45) is 11.3 Å². The summed E-state index contributed by atoms with van der Waals surface area (Å²) in [6, 6.07) is 5.14. The molecule has 190 valence electrons. The molecule has 2 fully saturated rings. The van der Waals surface area contributed by atoms with E-state index in [4.69, 9.17) is 27.9 Å². The number of piperidine rings is 1. The van der Waals surface area contributed by atoms with E-state index in [0.29, 0.717) is 40.2 Å². The number of carbonyl (C=O) groups excluding carboxylic acids is 2. The van der Waals surface area contributed by atoms with Gasteiger partial charge in [0.1, 0.15) is 18.6 Å². The molecule has 0 spiro atoms. The summed E-state index contributed by atoms with van der Waals surface area (Å²) in [6.07, 6.45) is 7.17. The molecule has 1 aromatic carbocycles. The van der Waals surface area contributed by atoms with Crippen LogP contribution < -0.4 is 15.0 Å². The first-order valence-electron chi connectivity index (χ1n) is 12.2. The van der Waals surface area contributed by atoms with E-state index in [-0.39, 0.29) is 18.2 Å². The quantitative estimate of drug-likeness (QED) is 0.536. The van der Waals surface area contributed by atoms with E-state index < -0.39 is 17.6 Å². The third-order valence-electron chi connectivity index (χ3n) is 7.15. The summed E-state index contributed by atoms with van der Waals surface area (Å²) in [5, 5.41) is 14.6. The van der Waals surface area contributed by atoms with Gasteiger partial charge in [0.2, 0.25) is 11.8 Å². The number of hydrogen-bond acceptors (Lipinski definition) is 5. The number of allylic oxidation sites excluding steroid dienone is 4. The highest BCUT2D eigenvalue weighted by atomic mass is 35.5. The normalized spacial score (nSPS) is 27.5. The summed E-state index contributed by atoms with van der Waals surface area (Å²) in [4.78, 5) is 29.0. The standard InChI is InChI=1S/C26H33Cl2N3O4/c1-17(32)29-22-7-6-18(14-23(22)35-13-12-30-10-4-3-5-11-30)31-24(33)15-19(25(31)34)26(2)9-8-20(27)21(28)16-26/h6-8,14,16,19,24,33H,3-5,9-13,15H2,1-2H3,(H,29,32). The molecule has 0 bridgehead atoms. The third-order valence-corrected chi connectivity index (χ3v) is 7.92. The molecule has 7 nitrogen and oxygen atoms in total. The van der Waals surface area contributed by atoms with Crippen LogP contribution in [0.15, 0.2) is 40.4 Å². The Kier molecular flexibility index (Phi) is 8.11. The molecule has 3 unspecified atom stereocenters. The molecule has 2 aliphatic heterocycles. The summed E-state index contributed by atoms with van der Waals surface area (Å²) in [7, 11) is 0. The van der Waals surface area contributed by atoms with E-state index in [1.54, 1.807) is 18.2 Å². The fourth-order valence-electron chi connectivity index (χ4n) is 5.19. The van der Waals surface area contributed by atoms with Crippen LogP contribution in [0.1, 0.15) is 46.0 Å². The summed E-state index contributed by atoms with van der Waals surface area (Å²) >= 11 is 12.4. The van der Waals surface area contributed by atoms with Crippen LogP contribution in [0.25, 0.3) is 0 Å². The van der Waals surface area contributed by atoms with E-state index in [0.717, 1.165) is 19.6 Å². The van der Waals surface area contributed by atoms with E-state index in [1.165, 1.54) is 31.1 Å². The maximum Gasteiger partial charge on any atom is 0.233 e. The summed E-state index contributed by atoms with van der Waals surface area (Å²) in [6.45, 7) is 6.78. The Hall–Kier alpha value is -2.06. The molecule has 2 heterocycles. The van der Waals surface area contributed by atoms with Gasteiger partial charge in [-0.15, -0.1) is 0 Å². The topological polar surface area (TPSA) is 82.1 Å². The van der Waals surface area contributed by atoms with Gasteiger partial charge in [-0.3, -0.25) is 19.4 Å². The molecule has 2 N–H and O–H groups in total. The molecule has 1 aliphatic carbocycles. The number of nitrogens with one attached hydrogen (secondary N) is 1. The second kappa shape index (κ2) is 10.9. The van der Waals surface area contributed by atoms with Crippen molar-refractivity contribution in [3.63, 3.8) is 0 Å². The van der Waals surface area contributed by atoms with Crippen molar-refractivity contribution >= 4 is 46.4 Å².